The molecule has 0 bridgehead atoms. The number of para-hydroxylation sites is 1. The van der Waals surface area contributed by atoms with E-state index in [0.29, 0.717) is 6.61 Å². The molecular weight excluding hydrogens is 298 g/mol. The van der Waals surface area contributed by atoms with E-state index >= 15 is 0 Å². The number of benzene rings is 2. The molecule has 0 aliphatic carbocycles. The lowest BCUT2D eigenvalue weighted by atomic mass is 10.0. The Kier molecular flexibility index (Phi) is 4.63. The van der Waals surface area contributed by atoms with Gasteiger partial charge < -0.3 is 14.5 Å². The fourth-order valence-electron chi connectivity index (χ4n) is 3.45. The predicted octanol–water partition coefficient (Wildman–Crippen LogP) is 4.92. The van der Waals surface area contributed by atoms with Crippen LogP contribution in [0.1, 0.15) is 24.8 Å². The molecule has 2 heterocycles. The summed E-state index contributed by atoms with van der Waals surface area (Å²) in [6.45, 7) is 1.51. The standard InChI is InChI=1S/C21H23NO2/c1-2-8-16(9-3-1)21-18(17-10-4-5-11-19(17)22-21)13-15-24-20-12-6-7-14-23-20/h1-5,8-11,20,22H,6-7,12-15H2. The Hall–Kier alpha value is -2.10. The van der Waals surface area contributed by atoms with E-state index in [-0.39, 0.29) is 6.29 Å². The summed E-state index contributed by atoms with van der Waals surface area (Å²) < 4.78 is 11.6. The van der Waals surface area contributed by atoms with Crippen molar-refractivity contribution < 1.29 is 9.47 Å². The lowest BCUT2D eigenvalue weighted by Gasteiger charge is -2.22. The molecule has 1 unspecified atom stereocenters. The van der Waals surface area contributed by atoms with E-state index in [9.17, 15) is 0 Å². The van der Waals surface area contributed by atoms with Crippen LogP contribution in [-0.4, -0.2) is 24.5 Å². The third-order valence-corrected chi connectivity index (χ3v) is 4.67. The van der Waals surface area contributed by atoms with Crippen LogP contribution in [0.4, 0.5) is 0 Å². The van der Waals surface area contributed by atoms with Gasteiger partial charge >= 0.3 is 0 Å². The third-order valence-electron chi connectivity index (χ3n) is 4.67. The highest BCUT2D eigenvalue weighted by molar-refractivity contribution is 5.90. The lowest BCUT2D eigenvalue weighted by molar-refractivity contribution is -0.161. The molecule has 1 fully saturated rings. The van der Waals surface area contributed by atoms with E-state index in [1.807, 2.05) is 0 Å². The molecule has 1 aromatic heterocycles. The van der Waals surface area contributed by atoms with Gasteiger partial charge in [-0.1, -0.05) is 48.5 Å². The molecule has 4 rings (SSSR count). The van der Waals surface area contributed by atoms with E-state index in [1.54, 1.807) is 0 Å². The number of nitrogens with one attached hydrogen (secondary N) is 1. The molecule has 2 aromatic carbocycles. The zero-order valence-corrected chi connectivity index (χ0v) is 13.8. The molecule has 1 saturated heterocycles. The molecule has 1 N–H and O–H groups in total. The van der Waals surface area contributed by atoms with Crippen molar-refractivity contribution >= 4 is 10.9 Å². The number of aromatic amines is 1. The summed E-state index contributed by atoms with van der Waals surface area (Å²) in [5.74, 6) is 0. The van der Waals surface area contributed by atoms with Crippen LogP contribution in [0.5, 0.6) is 0 Å². The molecular formula is C21H23NO2. The molecule has 1 aliphatic heterocycles. The van der Waals surface area contributed by atoms with Crippen molar-refractivity contribution in [3.05, 3.63) is 60.2 Å². The molecule has 1 atom stereocenters. The molecule has 3 aromatic rings. The van der Waals surface area contributed by atoms with Gasteiger partial charge in [0.25, 0.3) is 0 Å². The zero-order valence-electron chi connectivity index (χ0n) is 13.8. The summed E-state index contributed by atoms with van der Waals surface area (Å²) in [6.07, 6.45) is 4.23. The van der Waals surface area contributed by atoms with Crippen LogP contribution >= 0.6 is 0 Å². The summed E-state index contributed by atoms with van der Waals surface area (Å²) in [4.78, 5) is 3.58. The number of H-pyrrole nitrogens is 1. The largest absolute Gasteiger partial charge is 0.354 e. The molecule has 0 saturated carbocycles. The van der Waals surface area contributed by atoms with Crippen molar-refractivity contribution in [2.24, 2.45) is 0 Å². The van der Waals surface area contributed by atoms with Gasteiger partial charge in [0, 0.05) is 23.2 Å². The first kappa shape index (κ1) is 15.4. The third kappa shape index (κ3) is 3.23. The number of aromatic nitrogens is 1. The van der Waals surface area contributed by atoms with Gasteiger partial charge in [0.2, 0.25) is 0 Å². The average Bonchev–Trinajstić information content (AvgIpc) is 3.02. The highest BCUT2D eigenvalue weighted by Gasteiger charge is 2.16. The fraction of sp³-hybridized carbons (Fsp3) is 0.333. The van der Waals surface area contributed by atoms with E-state index in [2.05, 4.69) is 59.6 Å². The second kappa shape index (κ2) is 7.20. The highest BCUT2D eigenvalue weighted by Crippen LogP contribution is 2.30. The second-order valence-electron chi connectivity index (χ2n) is 6.31. The summed E-state index contributed by atoms with van der Waals surface area (Å²) in [5.41, 5.74) is 4.93. The van der Waals surface area contributed by atoms with Gasteiger partial charge in [-0.05, 0) is 42.9 Å². The topological polar surface area (TPSA) is 34.2 Å². The van der Waals surface area contributed by atoms with Gasteiger partial charge in [-0.2, -0.15) is 0 Å². The van der Waals surface area contributed by atoms with Crippen molar-refractivity contribution in [2.75, 3.05) is 13.2 Å². The molecule has 3 nitrogen and oxygen atoms in total. The number of hydrogen-bond donors (Lipinski definition) is 1. The van der Waals surface area contributed by atoms with Gasteiger partial charge in [0.1, 0.15) is 0 Å². The SMILES string of the molecule is c1ccc(-c2[nH]c3ccccc3c2CCOC2CCCCO2)cc1. The first-order chi connectivity index (χ1) is 11.9. The quantitative estimate of drug-likeness (QED) is 0.723. The molecule has 24 heavy (non-hydrogen) atoms. The number of fused-ring (bicyclic) bond motifs is 1. The van der Waals surface area contributed by atoms with Crippen molar-refractivity contribution in [2.45, 2.75) is 32.0 Å². The Bertz CT molecular complexity index is 788. The Morgan fingerprint density at radius 3 is 2.67 bits per heavy atom. The average molecular weight is 321 g/mol. The number of rotatable bonds is 5. The summed E-state index contributed by atoms with van der Waals surface area (Å²) in [5, 5.41) is 1.28. The molecule has 1 aliphatic rings. The summed E-state index contributed by atoms with van der Waals surface area (Å²) in [6, 6.07) is 19.0. The second-order valence-corrected chi connectivity index (χ2v) is 6.31. The van der Waals surface area contributed by atoms with E-state index < -0.39 is 0 Å². The molecule has 0 amide bonds. The summed E-state index contributed by atoms with van der Waals surface area (Å²) >= 11 is 0. The summed E-state index contributed by atoms with van der Waals surface area (Å²) in [7, 11) is 0. The van der Waals surface area contributed by atoms with Crippen LogP contribution in [-0.2, 0) is 15.9 Å². The van der Waals surface area contributed by atoms with Gasteiger partial charge in [0.05, 0.1) is 6.61 Å². The molecule has 3 heteroatoms. The minimum Gasteiger partial charge on any atom is -0.354 e. The van der Waals surface area contributed by atoms with Crippen LogP contribution in [0.3, 0.4) is 0 Å². The Labute approximate surface area is 142 Å². The van der Waals surface area contributed by atoms with Crippen molar-refractivity contribution in [1.29, 1.82) is 0 Å². The van der Waals surface area contributed by atoms with Crippen molar-refractivity contribution in [3.8, 4) is 11.3 Å². The smallest absolute Gasteiger partial charge is 0.157 e. The minimum atomic E-state index is -0.0240. The van der Waals surface area contributed by atoms with Crippen LogP contribution in [0, 0.1) is 0 Å². The predicted molar refractivity (Wildman–Crippen MR) is 97.0 cm³/mol. The number of ether oxygens (including phenoxy) is 2. The maximum Gasteiger partial charge on any atom is 0.157 e. The maximum atomic E-state index is 5.96. The first-order valence-electron chi connectivity index (χ1n) is 8.80. The zero-order chi connectivity index (χ0) is 16.2. The lowest BCUT2D eigenvalue weighted by Crippen LogP contribution is -2.23. The Morgan fingerprint density at radius 1 is 1.00 bits per heavy atom. The Balaban J connectivity index is 1.58. The molecule has 0 radical (unpaired) electrons. The highest BCUT2D eigenvalue weighted by atomic mass is 16.7. The molecule has 0 spiro atoms. The van der Waals surface area contributed by atoms with Crippen LogP contribution in [0.15, 0.2) is 54.6 Å². The minimum absolute atomic E-state index is 0.0240. The fourth-order valence-corrected chi connectivity index (χ4v) is 3.45. The van der Waals surface area contributed by atoms with Gasteiger partial charge in [0.15, 0.2) is 6.29 Å². The maximum absolute atomic E-state index is 5.96. The van der Waals surface area contributed by atoms with E-state index in [1.165, 1.54) is 34.1 Å². The monoisotopic (exact) mass is 321 g/mol. The van der Waals surface area contributed by atoms with Crippen LogP contribution in [0.25, 0.3) is 22.2 Å². The number of hydrogen-bond acceptors (Lipinski definition) is 2. The van der Waals surface area contributed by atoms with Crippen molar-refractivity contribution in [1.82, 2.24) is 4.98 Å². The normalized spacial score (nSPS) is 18.1. The van der Waals surface area contributed by atoms with Gasteiger partial charge in [-0.3, -0.25) is 0 Å². The van der Waals surface area contributed by atoms with Gasteiger partial charge in [-0.15, -0.1) is 0 Å². The Morgan fingerprint density at radius 2 is 1.83 bits per heavy atom. The van der Waals surface area contributed by atoms with Crippen LogP contribution in [0.2, 0.25) is 0 Å². The molecule has 124 valence electrons. The van der Waals surface area contributed by atoms with Crippen molar-refractivity contribution in [3.63, 3.8) is 0 Å². The van der Waals surface area contributed by atoms with E-state index in [4.69, 9.17) is 9.47 Å². The van der Waals surface area contributed by atoms with Crippen LogP contribution < -0.4 is 0 Å². The van der Waals surface area contributed by atoms with Gasteiger partial charge in [-0.25, -0.2) is 0 Å². The van der Waals surface area contributed by atoms with E-state index in [0.717, 1.165) is 25.9 Å². The first-order valence-corrected chi connectivity index (χ1v) is 8.80.